The zero-order valence-corrected chi connectivity index (χ0v) is 19.5. The number of carbonyl (C=O) groups is 1. The van der Waals surface area contributed by atoms with E-state index in [0.717, 1.165) is 29.4 Å². The van der Waals surface area contributed by atoms with Crippen molar-refractivity contribution in [2.45, 2.75) is 52.2 Å². The molecular formula is C26H30N6O2. The standard InChI is InChI=1S/C26H30N6O2/c1-18(2)30-24-16-28-23(10-6-9-19-7-4-3-5-8-19)26(34)32(24)17-25(33)29-15-21-13-20-14-27-12-11-22(20)31-21/h3-5,7-8,11-14,16,18,30-31H,6,9-10,15,17H2,1-2H3,(H,29,33). The average Bonchev–Trinajstić information content (AvgIpc) is 3.25. The smallest absolute Gasteiger partial charge is 0.274 e. The summed E-state index contributed by atoms with van der Waals surface area (Å²) in [6.45, 7) is 4.22. The van der Waals surface area contributed by atoms with Crippen LogP contribution in [0.2, 0.25) is 0 Å². The van der Waals surface area contributed by atoms with E-state index >= 15 is 0 Å². The quantitative estimate of drug-likeness (QED) is 0.338. The van der Waals surface area contributed by atoms with Crippen LogP contribution in [0.1, 0.15) is 37.2 Å². The van der Waals surface area contributed by atoms with E-state index in [1.165, 1.54) is 10.1 Å². The van der Waals surface area contributed by atoms with Gasteiger partial charge in [0.2, 0.25) is 5.91 Å². The van der Waals surface area contributed by atoms with E-state index in [1.54, 1.807) is 18.6 Å². The Labute approximate surface area is 198 Å². The van der Waals surface area contributed by atoms with Crippen LogP contribution in [0, 0.1) is 0 Å². The number of hydrogen-bond donors (Lipinski definition) is 3. The Bertz CT molecular complexity index is 1280. The van der Waals surface area contributed by atoms with Gasteiger partial charge in [-0.05, 0) is 50.8 Å². The number of aromatic nitrogens is 4. The maximum absolute atomic E-state index is 13.2. The minimum atomic E-state index is -0.243. The van der Waals surface area contributed by atoms with Gasteiger partial charge in [0, 0.05) is 35.0 Å². The Morgan fingerprint density at radius 2 is 1.94 bits per heavy atom. The van der Waals surface area contributed by atoms with Gasteiger partial charge in [-0.2, -0.15) is 0 Å². The van der Waals surface area contributed by atoms with Gasteiger partial charge in [-0.1, -0.05) is 30.3 Å². The molecule has 4 aromatic rings. The number of rotatable bonds is 10. The van der Waals surface area contributed by atoms with E-state index in [0.29, 0.717) is 24.5 Å². The van der Waals surface area contributed by atoms with Gasteiger partial charge in [0.25, 0.3) is 5.56 Å². The molecule has 0 atom stereocenters. The van der Waals surface area contributed by atoms with Gasteiger partial charge < -0.3 is 15.6 Å². The van der Waals surface area contributed by atoms with Crippen LogP contribution in [0.3, 0.4) is 0 Å². The number of carbonyl (C=O) groups excluding carboxylic acids is 1. The molecule has 0 saturated carbocycles. The average molecular weight is 459 g/mol. The summed E-state index contributed by atoms with van der Waals surface area (Å²) in [5.74, 6) is 0.297. The van der Waals surface area contributed by atoms with Crippen molar-refractivity contribution in [1.29, 1.82) is 0 Å². The number of H-pyrrole nitrogens is 1. The zero-order valence-electron chi connectivity index (χ0n) is 19.5. The van der Waals surface area contributed by atoms with Crippen molar-refractivity contribution < 1.29 is 4.79 Å². The molecule has 8 heteroatoms. The summed E-state index contributed by atoms with van der Waals surface area (Å²) in [5.41, 5.74) is 3.31. The molecule has 0 fully saturated rings. The number of nitrogens with zero attached hydrogens (tertiary/aromatic N) is 3. The second kappa shape index (κ2) is 10.8. The third-order valence-corrected chi connectivity index (χ3v) is 5.54. The third-order valence-electron chi connectivity index (χ3n) is 5.54. The molecule has 4 rings (SSSR count). The largest absolute Gasteiger partial charge is 0.368 e. The van der Waals surface area contributed by atoms with E-state index in [9.17, 15) is 9.59 Å². The first-order valence-corrected chi connectivity index (χ1v) is 11.6. The number of aryl methyl sites for hydroxylation is 2. The fraction of sp³-hybridized carbons (Fsp3) is 0.308. The highest BCUT2D eigenvalue weighted by Crippen LogP contribution is 2.13. The minimum absolute atomic E-state index is 0.0795. The number of fused-ring (bicyclic) bond motifs is 1. The third kappa shape index (κ3) is 5.89. The van der Waals surface area contributed by atoms with E-state index in [-0.39, 0.29) is 24.1 Å². The van der Waals surface area contributed by atoms with E-state index in [2.05, 4.69) is 37.7 Å². The second-order valence-electron chi connectivity index (χ2n) is 8.65. The van der Waals surface area contributed by atoms with Crippen LogP contribution in [0.15, 0.2) is 65.8 Å². The molecule has 0 aliphatic heterocycles. The topological polar surface area (TPSA) is 105 Å². The Morgan fingerprint density at radius 3 is 2.71 bits per heavy atom. The van der Waals surface area contributed by atoms with Crippen LogP contribution in [-0.4, -0.2) is 31.5 Å². The van der Waals surface area contributed by atoms with Gasteiger partial charge in [-0.15, -0.1) is 0 Å². The number of benzene rings is 1. The predicted molar refractivity (Wildman–Crippen MR) is 134 cm³/mol. The highest BCUT2D eigenvalue weighted by molar-refractivity contribution is 5.80. The molecular weight excluding hydrogens is 428 g/mol. The number of nitrogens with one attached hydrogen (secondary N) is 3. The van der Waals surface area contributed by atoms with Crippen LogP contribution >= 0.6 is 0 Å². The number of hydrogen-bond acceptors (Lipinski definition) is 5. The van der Waals surface area contributed by atoms with E-state index < -0.39 is 0 Å². The number of anilines is 1. The lowest BCUT2D eigenvalue weighted by atomic mass is 10.1. The van der Waals surface area contributed by atoms with Gasteiger partial charge in [-0.25, -0.2) is 0 Å². The lowest BCUT2D eigenvalue weighted by Crippen LogP contribution is -2.35. The second-order valence-corrected chi connectivity index (χ2v) is 8.65. The van der Waals surface area contributed by atoms with Gasteiger partial charge in [0.15, 0.2) is 0 Å². The summed E-state index contributed by atoms with van der Waals surface area (Å²) in [7, 11) is 0. The summed E-state index contributed by atoms with van der Waals surface area (Å²) < 4.78 is 1.48. The first-order valence-electron chi connectivity index (χ1n) is 11.6. The Kier molecular flexibility index (Phi) is 7.37. The molecule has 0 saturated heterocycles. The van der Waals surface area contributed by atoms with Crippen molar-refractivity contribution in [2.24, 2.45) is 0 Å². The summed E-state index contributed by atoms with van der Waals surface area (Å²) in [4.78, 5) is 37.7. The van der Waals surface area contributed by atoms with Crippen molar-refractivity contribution in [3.63, 3.8) is 0 Å². The van der Waals surface area contributed by atoms with Crippen LogP contribution < -0.4 is 16.2 Å². The molecule has 0 aliphatic carbocycles. The van der Waals surface area contributed by atoms with E-state index in [4.69, 9.17) is 0 Å². The van der Waals surface area contributed by atoms with Crippen molar-refractivity contribution in [3.8, 4) is 0 Å². The van der Waals surface area contributed by atoms with Crippen molar-refractivity contribution in [3.05, 3.63) is 88.4 Å². The first-order chi connectivity index (χ1) is 16.5. The van der Waals surface area contributed by atoms with Crippen LogP contribution in [0.25, 0.3) is 10.9 Å². The molecule has 0 bridgehead atoms. The Balaban J connectivity index is 1.44. The fourth-order valence-corrected chi connectivity index (χ4v) is 3.89. The SMILES string of the molecule is CC(C)Nc1cnc(CCCc2ccccc2)c(=O)n1CC(=O)NCc1cc2cnccc2[nH]1. The molecule has 3 heterocycles. The molecule has 0 aliphatic rings. The maximum Gasteiger partial charge on any atom is 0.274 e. The van der Waals surface area contributed by atoms with Gasteiger partial charge in [0.1, 0.15) is 18.1 Å². The van der Waals surface area contributed by atoms with Gasteiger partial charge in [-0.3, -0.25) is 24.1 Å². The molecule has 1 amide bonds. The van der Waals surface area contributed by atoms with Crippen molar-refractivity contribution >= 4 is 22.6 Å². The monoisotopic (exact) mass is 458 g/mol. The van der Waals surface area contributed by atoms with Crippen LogP contribution in [-0.2, 0) is 30.7 Å². The highest BCUT2D eigenvalue weighted by Gasteiger charge is 2.14. The summed E-state index contributed by atoms with van der Waals surface area (Å²) in [5, 5.41) is 7.12. The van der Waals surface area contributed by atoms with Gasteiger partial charge >= 0.3 is 0 Å². The van der Waals surface area contributed by atoms with E-state index in [1.807, 2.05) is 44.2 Å². The Hall–Kier alpha value is -3.94. The molecule has 8 nitrogen and oxygen atoms in total. The normalized spacial score (nSPS) is 11.1. The van der Waals surface area contributed by atoms with Gasteiger partial charge in [0.05, 0.1) is 12.7 Å². The number of aromatic amines is 1. The lowest BCUT2D eigenvalue weighted by molar-refractivity contribution is -0.121. The number of amides is 1. The molecule has 1 aromatic carbocycles. The predicted octanol–water partition coefficient (Wildman–Crippen LogP) is 3.43. The fourth-order valence-electron chi connectivity index (χ4n) is 3.89. The highest BCUT2D eigenvalue weighted by atomic mass is 16.2. The molecule has 176 valence electrons. The zero-order chi connectivity index (χ0) is 23.9. The maximum atomic E-state index is 13.2. The molecule has 3 aromatic heterocycles. The molecule has 0 radical (unpaired) electrons. The van der Waals surface area contributed by atoms with Crippen molar-refractivity contribution in [1.82, 2.24) is 24.8 Å². The molecule has 34 heavy (non-hydrogen) atoms. The molecule has 0 unspecified atom stereocenters. The van der Waals surface area contributed by atoms with Crippen LogP contribution in [0.5, 0.6) is 0 Å². The summed E-state index contributed by atoms with van der Waals surface area (Å²) in [6.07, 6.45) is 7.38. The molecule has 3 N–H and O–H groups in total. The summed E-state index contributed by atoms with van der Waals surface area (Å²) >= 11 is 0. The minimum Gasteiger partial charge on any atom is -0.368 e. The Morgan fingerprint density at radius 1 is 1.12 bits per heavy atom. The number of pyridine rings is 1. The molecule has 0 spiro atoms. The van der Waals surface area contributed by atoms with Crippen molar-refractivity contribution in [2.75, 3.05) is 5.32 Å². The van der Waals surface area contributed by atoms with Crippen LogP contribution in [0.4, 0.5) is 5.82 Å². The lowest BCUT2D eigenvalue weighted by Gasteiger charge is -2.17. The summed E-state index contributed by atoms with van der Waals surface area (Å²) in [6, 6.07) is 14.1. The first kappa shape index (κ1) is 23.2.